The molecule has 62 valence electrons. The molecule has 0 aliphatic heterocycles. The molecule has 12 heavy (non-hydrogen) atoms. The quantitative estimate of drug-likeness (QED) is 0.630. The van der Waals surface area contributed by atoms with E-state index in [4.69, 9.17) is 0 Å². The van der Waals surface area contributed by atoms with E-state index in [1.165, 1.54) is 11.3 Å². The summed E-state index contributed by atoms with van der Waals surface area (Å²) >= 11 is 0. The van der Waals surface area contributed by atoms with Crippen LogP contribution >= 0.6 is 0 Å². The van der Waals surface area contributed by atoms with Crippen molar-refractivity contribution in [2.24, 2.45) is 0 Å². The highest BCUT2D eigenvalue weighted by Gasteiger charge is 2.03. The van der Waals surface area contributed by atoms with E-state index >= 15 is 0 Å². The summed E-state index contributed by atoms with van der Waals surface area (Å²) in [7, 11) is 0. The topological polar surface area (TPSA) is 28.7 Å². The van der Waals surface area contributed by atoms with E-state index in [0.29, 0.717) is 0 Å². The highest BCUT2D eigenvalue weighted by Crippen LogP contribution is 2.18. The van der Waals surface area contributed by atoms with E-state index in [-0.39, 0.29) is 0 Å². The van der Waals surface area contributed by atoms with Crippen molar-refractivity contribution in [2.45, 2.75) is 20.8 Å². The van der Waals surface area contributed by atoms with Crippen LogP contribution in [0.15, 0.2) is 12.1 Å². The van der Waals surface area contributed by atoms with Crippen molar-refractivity contribution in [1.82, 2.24) is 9.97 Å². The number of rotatable bonds is 0. The van der Waals surface area contributed by atoms with Gasteiger partial charge in [0.1, 0.15) is 0 Å². The summed E-state index contributed by atoms with van der Waals surface area (Å²) in [5, 5.41) is 0. The number of hydrogen-bond acceptors (Lipinski definition) is 1. The van der Waals surface area contributed by atoms with Crippen LogP contribution in [0.1, 0.15) is 17.0 Å². The Morgan fingerprint density at radius 3 is 2.67 bits per heavy atom. The lowest BCUT2D eigenvalue weighted by Crippen LogP contribution is -1.80. The predicted molar refractivity (Wildman–Crippen MR) is 50.3 cm³/mol. The molecule has 0 spiro atoms. The number of nitrogens with one attached hydrogen (secondary N) is 1. The molecule has 2 aromatic rings. The normalized spacial score (nSPS) is 10.9. The van der Waals surface area contributed by atoms with E-state index in [1.54, 1.807) is 0 Å². The van der Waals surface area contributed by atoms with Crippen LogP contribution in [0.4, 0.5) is 0 Å². The molecule has 1 N–H and O–H groups in total. The van der Waals surface area contributed by atoms with E-state index in [2.05, 4.69) is 29.9 Å². The lowest BCUT2D eigenvalue weighted by Gasteiger charge is -1.92. The average molecular weight is 160 g/mol. The summed E-state index contributed by atoms with van der Waals surface area (Å²) in [6.45, 7) is 6.19. The van der Waals surface area contributed by atoms with Gasteiger partial charge >= 0.3 is 0 Å². The third-order valence-corrected chi connectivity index (χ3v) is 2.27. The maximum absolute atomic E-state index is 4.46. The zero-order valence-corrected chi connectivity index (χ0v) is 7.60. The van der Waals surface area contributed by atoms with Crippen LogP contribution in [0.2, 0.25) is 0 Å². The van der Waals surface area contributed by atoms with Gasteiger partial charge in [0.2, 0.25) is 0 Å². The third-order valence-electron chi connectivity index (χ3n) is 2.27. The summed E-state index contributed by atoms with van der Waals surface area (Å²) in [4.78, 5) is 7.76. The van der Waals surface area contributed by atoms with Crippen molar-refractivity contribution in [1.29, 1.82) is 0 Å². The molecule has 2 heterocycles. The average Bonchev–Trinajstić information content (AvgIpc) is 2.31. The Morgan fingerprint density at radius 2 is 1.92 bits per heavy atom. The third kappa shape index (κ3) is 0.916. The first-order valence-corrected chi connectivity index (χ1v) is 4.11. The molecular formula is C10H12N2. The molecule has 0 bridgehead atoms. The molecule has 0 saturated carbocycles. The Balaban J connectivity index is 2.88. The standard InChI is InChI=1S/C10H12N2/c1-6-4-5-9-10(11-6)7(2)8(3)12-9/h4-5,12H,1-3H3. The molecule has 2 aromatic heterocycles. The van der Waals surface area contributed by atoms with Gasteiger partial charge in [-0.3, -0.25) is 4.98 Å². The molecule has 0 unspecified atom stereocenters. The molecule has 0 aromatic carbocycles. The Morgan fingerprint density at radius 1 is 1.17 bits per heavy atom. The van der Waals surface area contributed by atoms with Gasteiger partial charge in [0.05, 0.1) is 11.0 Å². The lowest BCUT2D eigenvalue weighted by atomic mass is 10.2. The molecule has 0 atom stereocenters. The van der Waals surface area contributed by atoms with Crippen LogP contribution < -0.4 is 0 Å². The van der Waals surface area contributed by atoms with Crippen LogP contribution in [0, 0.1) is 20.8 Å². The summed E-state index contributed by atoms with van der Waals surface area (Å²) in [6.07, 6.45) is 0. The van der Waals surface area contributed by atoms with Gasteiger partial charge in [0.15, 0.2) is 0 Å². The predicted octanol–water partition coefficient (Wildman–Crippen LogP) is 2.49. The Bertz CT molecular complexity index is 427. The van der Waals surface area contributed by atoms with E-state index in [1.807, 2.05) is 13.0 Å². The number of nitrogens with zero attached hydrogens (tertiary/aromatic N) is 1. The first kappa shape index (κ1) is 7.35. The fourth-order valence-electron chi connectivity index (χ4n) is 1.42. The Labute approximate surface area is 71.6 Å². The molecule has 0 aliphatic rings. The van der Waals surface area contributed by atoms with Crippen LogP contribution in [-0.2, 0) is 0 Å². The van der Waals surface area contributed by atoms with E-state index in [9.17, 15) is 0 Å². The number of H-pyrrole nitrogens is 1. The summed E-state index contributed by atoms with van der Waals surface area (Å²) in [5.74, 6) is 0. The van der Waals surface area contributed by atoms with E-state index < -0.39 is 0 Å². The number of aromatic nitrogens is 2. The van der Waals surface area contributed by atoms with Gasteiger partial charge in [-0.05, 0) is 38.5 Å². The first-order chi connectivity index (χ1) is 5.68. The van der Waals surface area contributed by atoms with Crippen LogP contribution in [0.3, 0.4) is 0 Å². The van der Waals surface area contributed by atoms with Crippen molar-refractivity contribution in [3.63, 3.8) is 0 Å². The van der Waals surface area contributed by atoms with Gasteiger partial charge in [-0.2, -0.15) is 0 Å². The van der Waals surface area contributed by atoms with Crippen molar-refractivity contribution in [2.75, 3.05) is 0 Å². The van der Waals surface area contributed by atoms with Gasteiger partial charge < -0.3 is 4.98 Å². The zero-order chi connectivity index (χ0) is 8.72. The molecule has 2 nitrogen and oxygen atoms in total. The molecule has 0 saturated heterocycles. The summed E-state index contributed by atoms with van der Waals surface area (Å²) < 4.78 is 0. The molecule has 0 amide bonds. The van der Waals surface area contributed by atoms with Crippen molar-refractivity contribution in [3.05, 3.63) is 29.1 Å². The molecule has 2 heteroatoms. The smallest absolute Gasteiger partial charge is 0.0913 e. The number of aromatic amines is 1. The minimum Gasteiger partial charge on any atom is -0.357 e. The summed E-state index contributed by atoms with van der Waals surface area (Å²) in [6, 6.07) is 4.11. The first-order valence-electron chi connectivity index (χ1n) is 4.11. The highest BCUT2D eigenvalue weighted by molar-refractivity contribution is 5.80. The van der Waals surface area contributed by atoms with E-state index in [0.717, 1.165) is 16.7 Å². The largest absolute Gasteiger partial charge is 0.357 e. The van der Waals surface area contributed by atoms with Crippen molar-refractivity contribution >= 4 is 11.0 Å². The Kier molecular flexibility index (Phi) is 1.43. The van der Waals surface area contributed by atoms with Crippen LogP contribution in [0.5, 0.6) is 0 Å². The molecule has 2 rings (SSSR count). The van der Waals surface area contributed by atoms with Crippen molar-refractivity contribution in [3.8, 4) is 0 Å². The second-order valence-electron chi connectivity index (χ2n) is 3.22. The second kappa shape index (κ2) is 2.34. The van der Waals surface area contributed by atoms with Gasteiger partial charge in [0, 0.05) is 11.4 Å². The van der Waals surface area contributed by atoms with Crippen LogP contribution in [-0.4, -0.2) is 9.97 Å². The second-order valence-corrected chi connectivity index (χ2v) is 3.22. The van der Waals surface area contributed by atoms with Gasteiger partial charge in [-0.15, -0.1) is 0 Å². The molecule has 0 radical (unpaired) electrons. The minimum atomic E-state index is 1.07. The lowest BCUT2D eigenvalue weighted by molar-refractivity contribution is 1.24. The SMILES string of the molecule is Cc1ccc2[nH]c(C)c(C)c2n1. The monoisotopic (exact) mass is 160 g/mol. The Hall–Kier alpha value is -1.31. The maximum Gasteiger partial charge on any atom is 0.0913 e. The van der Waals surface area contributed by atoms with Gasteiger partial charge in [0.25, 0.3) is 0 Å². The fourth-order valence-corrected chi connectivity index (χ4v) is 1.42. The molecular weight excluding hydrogens is 148 g/mol. The fraction of sp³-hybridized carbons (Fsp3) is 0.300. The van der Waals surface area contributed by atoms with Crippen LogP contribution in [0.25, 0.3) is 11.0 Å². The minimum absolute atomic E-state index is 1.07. The van der Waals surface area contributed by atoms with Crippen molar-refractivity contribution < 1.29 is 0 Å². The number of aryl methyl sites for hydroxylation is 3. The number of hydrogen-bond donors (Lipinski definition) is 1. The van der Waals surface area contributed by atoms with Gasteiger partial charge in [-0.25, -0.2) is 0 Å². The molecule has 0 fully saturated rings. The van der Waals surface area contributed by atoms with Gasteiger partial charge in [-0.1, -0.05) is 0 Å². The number of fused-ring (bicyclic) bond motifs is 1. The zero-order valence-electron chi connectivity index (χ0n) is 7.60. The number of pyridine rings is 1. The highest BCUT2D eigenvalue weighted by atomic mass is 14.8. The molecule has 0 aliphatic carbocycles. The summed E-state index contributed by atoms with van der Waals surface area (Å²) in [5.41, 5.74) is 5.78. The maximum atomic E-state index is 4.46.